The molecule has 0 saturated heterocycles. The lowest BCUT2D eigenvalue weighted by Crippen LogP contribution is -1.84. The highest BCUT2D eigenvalue weighted by Crippen LogP contribution is 2.31. The normalized spacial score (nSPS) is 11.2. The summed E-state index contributed by atoms with van der Waals surface area (Å²) in [6.07, 6.45) is 1.88. The van der Waals surface area contributed by atoms with Crippen LogP contribution in [0.15, 0.2) is 71.3 Å². The van der Waals surface area contributed by atoms with E-state index < -0.39 is 0 Å². The van der Waals surface area contributed by atoms with Gasteiger partial charge in [0.15, 0.2) is 0 Å². The lowest BCUT2D eigenvalue weighted by atomic mass is 10.1. The van der Waals surface area contributed by atoms with E-state index >= 15 is 0 Å². The number of fused-ring (bicyclic) bond motifs is 4. The third kappa shape index (κ3) is 2.14. The van der Waals surface area contributed by atoms with Crippen LogP contribution < -0.4 is 0 Å². The first-order valence-electron chi connectivity index (χ1n) is 7.90. The molecule has 0 aliphatic heterocycles. The maximum atomic E-state index is 8.99. The van der Waals surface area contributed by atoms with Gasteiger partial charge in [-0.3, -0.25) is 4.98 Å². The Morgan fingerprint density at radius 2 is 1.72 bits per heavy atom. The number of pyridine rings is 2. The molecule has 0 radical (unpaired) electrons. The highest BCUT2D eigenvalue weighted by atomic mass is 16.3. The van der Waals surface area contributed by atoms with E-state index in [1.807, 2.05) is 54.7 Å². The van der Waals surface area contributed by atoms with Crippen molar-refractivity contribution in [2.24, 2.45) is 0 Å². The van der Waals surface area contributed by atoms with Crippen molar-refractivity contribution in [3.05, 3.63) is 72.6 Å². The van der Waals surface area contributed by atoms with Crippen molar-refractivity contribution in [2.45, 2.75) is 0 Å². The van der Waals surface area contributed by atoms with Gasteiger partial charge in [-0.25, -0.2) is 4.98 Å². The molecule has 5 rings (SSSR count). The van der Waals surface area contributed by atoms with Crippen molar-refractivity contribution in [3.8, 4) is 17.3 Å². The second kappa shape index (κ2) is 5.15. The van der Waals surface area contributed by atoms with E-state index in [4.69, 9.17) is 9.68 Å². The van der Waals surface area contributed by atoms with Crippen molar-refractivity contribution in [3.63, 3.8) is 0 Å². The minimum absolute atomic E-state index is 0.350. The van der Waals surface area contributed by atoms with Crippen LogP contribution in [0, 0.1) is 11.3 Å². The number of furan rings is 1. The molecule has 4 heteroatoms. The van der Waals surface area contributed by atoms with E-state index in [-0.39, 0.29) is 0 Å². The minimum Gasteiger partial charge on any atom is -0.438 e. The van der Waals surface area contributed by atoms with Gasteiger partial charge in [0.25, 0.3) is 0 Å². The molecule has 0 amide bonds. The molecule has 0 saturated carbocycles. The second-order valence-corrected chi connectivity index (χ2v) is 5.89. The molecule has 2 aromatic carbocycles. The van der Waals surface area contributed by atoms with Gasteiger partial charge >= 0.3 is 0 Å². The average Bonchev–Trinajstić information content (AvgIpc) is 3.04. The first-order valence-corrected chi connectivity index (χ1v) is 7.90. The molecule has 0 N–H and O–H groups in total. The Hall–Kier alpha value is -3.71. The van der Waals surface area contributed by atoms with E-state index in [1.54, 1.807) is 6.07 Å². The Labute approximate surface area is 143 Å². The van der Waals surface area contributed by atoms with Gasteiger partial charge in [0.05, 0.1) is 5.69 Å². The van der Waals surface area contributed by atoms with Gasteiger partial charge < -0.3 is 4.42 Å². The van der Waals surface area contributed by atoms with Crippen LogP contribution in [0.5, 0.6) is 0 Å². The number of benzene rings is 2. The molecule has 0 aliphatic rings. The zero-order valence-electron chi connectivity index (χ0n) is 13.1. The number of hydrogen-bond donors (Lipinski definition) is 0. The summed E-state index contributed by atoms with van der Waals surface area (Å²) in [4.78, 5) is 8.80. The molecule has 3 aromatic heterocycles. The summed E-state index contributed by atoms with van der Waals surface area (Å²) >= 11 is 0. The average molecular weight is 321 g/mol. The van der Waals surface area contributed by atoms with Gasteiger partial charge in [-0.15, -0.1) is 0 Å². The summed E-state index contributed by atoms with van der Waals surface area (Å²) < 4.78 is 5.85. The van der Waals surface area contributed by atoms with E-state index in [2.05, 4.69) is 22.1 Å². The molecule has 0 spiro atoms. The summed E-state index contributed by atoms with van der Waals surface area (Å²) in [5.74, 6) is 0. The third-order valence-electron chi connectivity index (χ3n) is 4.38. The number of rotatable bonds is 1. The molecule has 0 fully saturated rings. The fraction of sp³-hybridized carbons (Fsp3) is 0. The first kappa shape index (κ1) is 13.7. The molecule has 0 bridgehead atoms. The quantitative estimate of drug-likeness (QED) is 0.432. The van der Waals surface area contributed by atoms with Crippen LogP contribution in [-0.4, -0.2) is 9.97 Å². The number of hydrogen-bond acceptors (Lipinski definition) is 4. The molecule has 3 heterocycles. The molecular weight excluding hydrogens is 310 g/mol. The Morgan fingerprint density at radius 1 is 0.880 bits per heavy atom. The van der Waals surface area contributed by atoms with Crippen molar-refractivity contribution in [2.75, 3.05) is 0 Å². The van der Waals surface area contributed by atoms with Crippen molar-refractivity contribution in [1.29, 1.82) is 5.26 Å². The lowest BCUT2D eigenvalue weighted by molar-refractivity contribution is 0.653. The number of nitriles is 1. The fourth-order valence-electron chi connectivity index (χ4n) is 3.12. The van der Waals surface area contributed by atoms with Gasteiger partial charge in [-0.2, -0.15) is 5.26 Å². The van der Waals surface area contributed by atoms with Gasteiger partial charge in [0.2, 0.25) is 5.71 Å². The van der Waals surface area contributed by atoms with Crippen molar-refractivity contribution < 1.29 is 4.42 Å². The largest absolute Gasteiger partial charge is 0.438 e. The Bertz CT molecular complexity index is 1310. The minimum atomic E-state index is 0.350. The van der Waals surface area contributed by atoms with Crippen molar-refractivity contribution >= 4 is 32.8 Å². The Balaban J connectivity index is 1.70. The van der Waals surface area contributed by atoms with Gasteiger partial charge in [0, 0.05) is 27.9 Å². The topological polar surface area (TPSA) is 62.7 Å². The molecule has 4 nitrogen and oxygen atoms in total. The van der Waals surface area contributed by atoms with E-state index in [0.29, 0.717) is 11.4 Å². The second-order valence-electron chi connectivity index (χ2n) is 5.89. The van der Waals surface area contributed by atoms with Crippen molar-refractivity contribution in [1.82, 2.24) is 9.97 Å². The van der Waals surface area contributed by atoms with Crippen LogP contribution >= 0.6 is 0 Å². The Morgan fingerprint density at radius 3 is 2.60 bits per heavy atom. The van der Waals surface area contributed by atoms with Crippen LogP contribution in [0.1, 0.15) is 5.69 Å². The standard InChI is InChI=1S/C21H11N3O/c22-11-16-6-8-18-17-7-5-14(10-20(17)25-21(18)24-16)19-9-13-3-1-2-4-15(13)12-23-19/h1-10,12H. The van der Waals surface area contributed by atoms with Crippen LogP contribution in [0.2, 0.25) is 0 Å². The van der Waals surface area contributed by atoms with Crippen LogP contribution in [0.4, 0.5) is 0 Å². The molecule has 0 atom stereocenters. The number of aromatic nitrogens is 2. The van der Waals surface area contributed by atoms with Crippen LogP contribution in [-0.2, 0) is 0 Å². The summed E-state index contributed by atoms with van der Waals surface area (Å²) in [5.41, 5.74) is 3.45. The zero-order chi connectivity index (χ0) is 16.8. The summed E-state index contributed by atoms with van der Waals surface area (Å²) in [5, 5.41) is 13.1. The van der Waals surface area contributed by atoms with Crippen LogP contribution in [0.25, 0.3) is 44.1 Å². The first-order chi connectivity index (χ1) is 12.3. The molecular formula is C21H11N3O. The SMILES string of the molecule is N#Cc1ccc2c(n1)oc1cc(-c3cc4ccccc4cn3)ccc12. The summed E-state index contributed by atoms with van der Waals surface area (Å²) in [6, 6.07) is 21.9. The molecule has 116 valence electrons. The smallest absolute Gasteiger partial charge is 0.228 e. The Kier molecular flexibility index (Phi) is 2.82. The highest BCUT2D eigenvalue weighted by Gasteiger charge is 2.11. The number of nitrogens with zero attached hydrogens (tertiary/aromatic N) is 3. The predicted molar refractivity (Wildman–Crippen MR) is 97.0 cm³/mol. The summed E-state index contributed by atoms with van der Waals surface area (Å²) in [7, 11) is 0. The third-order valence-corrected chi connectivity index (χ3v) is 4.38. The summed E-state index contributed by atoms with van der Waals surface area (Å²) in [6.45, 7) is 0. The maximum Gasteiger partial charge on any atom is 0.228 e. The predicted octanol–water partition coefficient (Wildman–Crippen LogP) is 5.07. The molecule has 0 unspecified atom stereocenters. The fourth-order valence-corrected chi connectivity index (χ4v) is 3.12. The highest BCUT2D eigenvalue weighted by molar-refractivity contribution is 6.04. The molecule has 0 aliphatic carbocycles. The molecule has 25 heavy (non-hydrogen) atoms. The van der Waals surface area contributed by atoms with E-state index in [1.165, 1.54) is 0 Å². The van der Waals surface area contributed by atoms with E-state index in [0.717, 1.165) is 38.4 Å². The zero-order valence-corrected chi connectivity index (χ0v) is 13.1. The van der Waals surface area contributed by atoms with E-state index in [9.17, 15) is 0 Å². The maximum absolute atomic E-state index is 8.99. The van der Waals surface area contributed by atoms with Gasteiger partial charge in [0.1, 0.15) is 17.3 Å². The molecule has 5 aromatic rings. The van der Waals surface area contributed by atoms with Gasteiger partial charge in [-0.05, 0) is 35.7 Å². The van der Waals surface area contributed by atoms with Crippen LogP contribution in [0.3, 0.4) is 0 Å². The monoisotopic (exact) mass is 321 g/mol. The lowest BCUT2D eigenvalue weighted by Gasteiger charge is -2.03. The van der Waals surface area contributed by atoms with Gasteiger partial charge in [-0.1, -0.05) is 30.3 Å².